The molecule has 1 aromatic heterocycles. The molecule has 1 aliphatic carbocycles. The Morgan fingerprint density at radius 1 is 1.52 bits per heavy atom. The minimum Gasteiger partial charge on any atom is -0.375 e. The van der Waals surface area contributed by atoms with Gasteiger partial charge in [-0.1, -0.05) is 0 Å². The van der Waals surface area contributed by atoms with E-state index in [9.17, 15) is 4.79 Å². The standard InChI is InChI=1S/C14H22N4O2.ClH/c1-9-12(8-16-18(9)2)17-14(19)10-3-4-13-11(7-10)15-5-6-20-13;/h8,10-11,13,15H,3-7H2,1-2H3,(H,17,19);1H/t10-,11+,13+;/m0./s1. The molecule has 0 aromatic carbocycles. The summed E-state index contributed by atoms with van der Waals surface area (Å²) in [7, 11) is 1.87. The van der Waals surface area contributed by atoms with E-state index in [-0.39, 0.29) is 30.3 Å². The summed E-state index contributed by atoms with van der Waals surface area (Å²) in [5, 5.41) is 10.6. The van der Waals surface area contributed by atoms with Gasteiger partial charge in [0.25, 0.3) is 0 Å². The van der Waals surface area contributed by atoms with Crippen molar-refractivity contribution in [2.45, 2.75) is 38.3 Å². The van der Waals surface area contributed by atoms with E-state index in [0.717, 1.165) is 43.8 Å². The number of aromatic nitrogens is 2. The molecule has 2 N–H and O–H groups in total. The minimum absolute atomic E-state index is 0. The van der Waals surface area contributed by atoms with E-state index in [4.69, 9.17) is 4.74 Å². The minimum atomic E-state index is 0. The molecule has 0 bridgehead atoms. The van der Waals surface area contributed by atoms with E-state index in [1.807, 2.05) is 14.0 Å². The van der Waals surface area contributed by atoms with E-state index in [0.29, 0.717) is 6.04 Å². The van der Waals surface area contributed by atoms with Crippen molar-refractivity contribution in [3.63, 3.8) is 0 Å². The Balaban J connectivity index is 0.00000161. The predicted octanol–water partition coefficient (Wildman–Crippen LogP) is 1.25. The quantitative estimate of drug-likeness (QED) is 0.862. The summed E-state index contributed by atoms with van der Waals surface area (Å²) in [4.78, 5) is 12.4. The highest BCUT2D eigenvalue weighted by Crippen LogP contribution is 2.29. The summed E-state index contributed by atoms with van der Waals surface area (Å²) < 4.78 is 7.51. The fourth-order valence-corrected chi connectivity index (χ4v) is 3.11. The second kappa shape index (κ2) is 6.77. The molecule has 1 saturated carbocycles. The van der Waals surface area contributed by atoms with Crippen LogP contribution in [-0.2, 0) is 16.6 Å². The molecular weight excluding hydrogens is 292 g/mol. The van der Waals surface area contributed by atoms with Crippen molar-refractivity contribution in [3.05, 3.63) is 11.9 Å². The molecule has 3 atom stereocenters. The monoisotopic (exact) mass is 314 g/mol. The Kier molecular flexibility index (Phi) is 5.24. The van der Waals surface area contributed by atoms with Gasteiger partial charge in [0.2, 0.25) is 5.91 Å². The van der Waals surface area contributed by atoms with E-state index in [1.165, 1.54) is 0 Å². The average Bonchev–Trinajstić information content (AvgIpc) is 2.78. The van der Waals surface area contributed by atoms with Crippen molar-refractivity contribution in [1.82, 2.24) is 15.1 Å². The van der Waals surface area contributed by atoms with Crippen LogP contribution in [0.2, 0.25) is 0 Å². The highest BCUT2D eigenvalue weighted by Gasteiger charge is 2.36. The third-order valence-corrected chi connectivity index (χ3v) is 4.49. The van der Waals surface area contributed by atoms with Crippen molar-refractivity contribution in [2.75, 3.05) is 18.5 Å². The number of carbonyl (C=O) groups is 1. The third-order valence-electron chi connectivity index (χ3n) is 4.49. The van der Waals surface area contributed by atoms with Gasteiger partial charge in [0, 0.05) is 25.6 Å². The molecule has 118 valence electrons. The number of fused-ring (bicyclic) bond motifs is 1. The first kappa shape index (κ1) is 16.3. The molecule has 0 unspecified atom stereocenters. The van der Waals surface area contributed by atoms with Crippen molar-refractivity contribution < 1.29 is 9.53 Å². The predicted molar refractivity (Wildman–Crippen MR) is 82.7 cm³/mol. The zero-order chi connectivity index (χ0) is 14.1. The molecule has 0 spiro atoms. The van der Waals surface area contributed by atoms with Crippen LogP contribution in [0.4, 0.5) is 5.69 Å². The summed E-state index contributed by atoms with van der Waals surface area (Å²) in [5.41, 5.74) is 1.79. The summed E-state index contributed by atoms with van der Waals surface area (Å²) >= 11 is 0. The fourth-order valence-electron chi connectivity index (χ4n) is 3.11. The number of amides is 1. The van der Waals surface area contributed by atoms with Crippen LogP contribution >= 0.6 is 12.4 Å². The molecule has 2 fully saturated rings. The molecule has 6 nitrogen and oxygen atoms in total. The van der Waals surface area contributed by atoms with Gasteiger partial charge in [-0.05, 0) is 26.2 Å². The Bertz CT molecular complexity index is 505. The average molecular weight is 315 g/mol. The summed E-state index contributed by atoms with van der Waals surface area (Å²) in [6, 6.07) is 0.322. The highest BCUT2D eigenvalue weighted by molar-refractivity contribution is 5.93. The molecule has 1 saturated heterocycles. The van der Waals surface area contributed by atoms with Gasteiger partial charge in [-0.3, -0.25) is 9.48 Å². The van der Waals surface area contributed by atoms with Crippen LogP contribution in [0.1, 0.15) is 25.0 Å². The van der Waals surface area contributed by atoms with Gasteiger partial charge in [0.05, 0.1) is 30.3 Å². The van der Waals surface area contributed by atoms with Crippen LogP contribution in [0.3, 0.4) is 0 Å². The number of anilines is 1. The van der Waals surface area contributed by atoms with Crippen molar-refractivity contribution in [2.24, 2.45) is 13.0 Å². The largest absolute Gasteiger partial charge is 0.375 e. The van der Waals surface area contributed by atoms with Gasteiger partial charge >= 0.3 is 0 Å². The molecule has 7 heteroatoms. The number of nitrogens with zero attached hydrogens (tertiary/aromatic N) is 2. The van der Waals surface area contributed by atoms with Gasteiger partial charge in [-0.25, -0.2) is 0 Å². The normalized spacial score (nSPS) is 28.4. The Hall–Kier alpha value is -1.11. The Morgan fingerprint density at radius 2 is 2.33 bits per heavy atom. The lowest BCUT2D eigenvalue weighted by atomic mass is 9.82. The summed E-state index contributed by atoms with van der Waals surface area (Å²) in [5.74, 6) is 0.164. The number of morpholine rings is 1. The number of aryl methyl sites for hydroxylation is 1. The maximum atomic E-state index is 12.4. The molecule has 1 aromatic rings. The summed E-state index contributed by atoms with van der Waals surface area (Å²) in [6.45, 7) is 3.63. The van der Waals surface area contributed by atoms with Crippen LogP contribution in [0.15, 0.2) is 6.20 Å². The van der Waals surface area contributed by atoms with E-state index in [1.54, 1.807) is 10.9 Å². The zero-order valence-electron chi connectivity index (χ0n) is 12.5. The number of hydrogen-bond acceptors (Lipinski definition) is 4. The molecule has 0 radical (unpaired) electrons. The summed E-state index contributed by atoms with van der Waals surface area (Å²) in [6.07, 6.45) is 4.71. The molecule has 3 rings (SSSR count). The number of ether oxygens (including phenoxy) is 1. The topological polar surface area (TPSA) is 68.2 Å². The van der Waals surface area contributed by atoms with Gasteiger partial charge in [0.15, 0.2) is 0 Å². The lowest BCUT2D eigenvalue weighted by Gasteiger charge is -2.39. The van der Waals surface area contributed by atoms with Crippen molar-refractivity contribution in [1.29, 1.82) is 0 Å². The second-order valence-corrected chi connectivity index (χ2v) is 5.74. The van der Waals surface area contributed by atoms with Crippen LogP contribution in [0.25, 0.3) is 0 Å². The molecule has 1 amide bonds. The van der Waals surface area contributed by atoms with Crippen LogP contribution in [-0.4, -0.2) is 41.0 Å². The van der Waals surface area contributed by atoms with Gasteiger partial charge in [-0.2, -0.15) is 5.10 Å². The molecular formula is C14H23ClN4O2. The SMILES string of the molecule is Cc1c(NC(=O)[C@H]2CC[C@H]3OCCN[C@@H]3C2)cnn1C.Cl. The number of rotatable bonds is 2. The number of halogens is 1. The second-order valence-electron chi connectivity index (χ2n) is 5.74. The van der Waals surface area contributed by atoms with Crippen molar-refractivity contribution >= 4 is 24.0 Å². The maximum Gasteiger partial charge on any atom is 0.227 e. The lowest BCUT2D eigenvalue weighted by molar-refractivity contribution is -0.123. The van der Waals surface area contributed by atoms with E-state index in [2.05, 4.69) is 15.7 Å². The molecule has 2 heterocycles. The van der Waals surface area contributed by atoms with Crippen molar-refractivity contribution in [3.8, 4) is 0 Å². The Labute approximate surface area is 131 Å². The first-order chi connectivity index (χ1) is 9.65. The van der Waals surface area contributed by atoms with Gasteiger partial charge in [-0.15, -0.1) is 12.4 Å². The van der Waals surface area contributed by atoms with Crippen LogP contribution < -0.4 is 10.6 Å². The third kappa shape index (κ3) is 3.39. The molecule has 21 heavy (non-hydrogen) atoms. The first-order valence-electron chi connectivity index (χ1n) is 7.29. The zero-order valence-corrected chi connectivity index (χ0v) is 13.3. The number of nitrogens with one attached hydrogen (secondary N) is 2. The molecule has 1 aliphatic heterocycles. The van der Waals surface area contributed by atoms with E-state index < -0.39 is 0 Å². The number of hydrogen-bond donors (Lipinski definition) is 2. The van der Waals surface area contributed by atoms with Crippen LogP contribution in [0.5, 0.6) is 0 Å². The van der Waals surface area contributed by atoms with E-state index >= 15 is 0 Å². The lowest BCUT2D eigenvalue weighted by Crippen LogP contribution is -2.52. The first-order valence-corrected chi connectivity index (χ1v) is 7.29. The molecule has 2 aliphatic rings. The smallest absolute Gasteiger partial charge is 0.227 e. The number of carbonyl (C=O) groups excluding carboxylic acids is 1. The van der Waals surface area contributed by atoms with Gasteiger partial charge < -0.3 is 15.4 Å². The maximum absolute atomic E-state index is 12.4. The fraction of sp³-hybridized carbons (Fsp3) is 0.714. The highest BCUT2D eigenvalue weighted by atomic mass is 35.5. The van der Waals surface area contributed by atoms with Crippen LogP contribution in [0, 0.1) is 12.8 Å². The van der Waals surface area contributed by atoms with Gasteiger partial charge in [0.1, 0.15) is 0 Å². The Morgan fingerprint density at radius 3 is 3.05 bits per heavy atom.